The second-order valence-electron chi connectivity index (χ2n) is 7.66. The predicted molar refractivity (Wildman–Crippen MR) is 123 cm³/mol. The molecule has 0 spiro atoms. The van der Waals surface area contributed by atoms with Crippen molar-refractivity contribution < 1.29 is 19.4 Å². The Bertz CT molecular complexity index is 1080. The molecule has 1 saturated heterocycles. The Morgan fingerprint density at radius 3 is 2.62 bits per heavy atom. The van der Waals surface area contributed by atoms with Crippen LogP contribution >= 0.6 is 11.6 Å². The van der Waals surface area contributed by atoms with Crippen molar-refractivity contribution in [2.75, 3.05) is 33.3 Å². The first kappa shape index (κ1) is 21.9. The lowest BCUT2D eigenvalue weighted by Crippen LogP contribution is -2.33. The molecule has 1 N–H and O–H groups in total. The summed E-state index contributed by atoms with van der Waals surface area (Å²) < 4.78 is 5.17. The first-order chi connectivity index (χ1) is 15.5. The van der Waals surface area contributed by atoms with Gasteiger partial charge in [0, 0.05) is 25.2 Å². The van der Waals surface area contributed by atoms with E-state index in [1.807, 2.05) is 36.7 Å². The van der Waals surface area contributed by atoms with E-state index < -0.39 is 17.7 Å². The van der Waals surface area contributed by atoms with Crippen LogP contribution in [0.1, 0.15) is 23.6 Å². The Morgan fingerprint density at radius 1 is 1.19 bits per heavy atom. The summed E-state index contributed by atoms with van der Waals surface area (Å²) in [5.41, 5.74) is 1.17. The molecule has 4 rings (SSSR count). The largest absolute Gasteiger partial charge is 0.507 e. The minimum Gasteiger partial charge on any atom is -0.507 e. The summed E-state index contributed by atoms with van der Waals surface area (Å²) in [6.07, 6.45) is 2.49. The van der Waals surface area contributed by atoms with E-state index >= 15 is 0 Å². The summed E-state index contributed by atoms with van der Waals surface area (Å²) in [6, 6.07) is 13.3. The van der Waals surface area contributed by atoms with Crippen LogP contribution in [0.4, 0.5) is 0 Å². The zero-order chi connectivity index (χ0) is 22.7. The van der Waals surface area contributed by atoms with Gasteiger partial charge in [-0.05, 0) is 30.2 Å². The number of Topliss-reactive ketones (excluding diaryl/α,β-unsaturated/α-hetero) is 1. The number of rotatable bonds is 7. The van der Waals surface area contributed by atoms with Gasteiger partial charge in [0.1, 0.15) is 11.5 Å². The van der Waals surface area contributed by atoms with Crippen LogP contribution in [0, 0.1) is 0 Å². The van der Waals surface area contributed by atoms with E-state index in [1.165, 1.54) is 13.2 Å². The summed E-state index contributed by atoms with van der Waals surface area (Å²) in [4.78, 5) is 33.9. The highest BCUT2D eigenvalue weighted by Crippen LogP contribution is 2.40. The van der Waals surface area contributed by atoms with Crippen molar-refractivity contribution in [3.8, 4) is 5.75 Å². The molecule has 1 atom stereocenters. The van der Waals surface area contributed by atoms with Gasteiger partial charge < -0.3 is 19.6 Å². The van der Waals surface area contributed by atoms with Crippen molar-refractivity contribution in [1.82, 2.24) is 9.80 Å². The number of aliphatic hydroxyl groups excluding tert-OH is 1. The number of hydrogen-bond donors (Lipinski definition) is 1. The lowest BCUT2D eigenvalue weighted by molar-refractivity contribution is -0.139. The SMILES string of the molecule is COc1ccc(C(O)=C2C(=O)C(=O)N(CCCN3C=NCC3)C2c2ccccc2)cc1Cl. The van der Waals surface area contributed by atoms with Gasteiger partial charge in [-0.15, -0.1) is 0 Å². The maximum absolute atomic E-state index is 13.0. The molecule has 2 aromatic carbocycles. The number of halogens is 1. The van der Waals surface area contributed by atoms with Crippen molar-refractivity contribution >= 4 is 35.4 Å². The molecule has 1 amide bonds. The molecular weight excluding hydrogens is 430 g/mol. The second-order valence-corrected chi connectivity index (χ2v) is 8.07. The average Bonchev–Trinajstić information content (AvgIpc) is 3.41. The summed E-state index contributed by atoms with van der Waals surface area (Å²) in [5, 5.41) is 11.4. The number of methoxy groups -OCH3 is 1. The molecule has 32 heavy (non-hydrogen) atoms. The van der Waals surface area contributed by atoms with E-state index in [4.69, 9.17) is 16.3 Å². The van der Waals surface area contributed by atoms with Gasteiger partial charge in [0.2, 0.25) is 0 Å². The molecule has 2 aromatic rings. The molecule has 166 valence electrons. The van der Waals surface area contributed by atoms with Crippen molar-refractivity contribution in [3.63, 3.8) is 0 Å². The molecular formula is C24H24ClN3O4. The summed E-state index contributed by atoms with van der Waals surface area (Å²) >= 11 is 6.22. The van der Waals surface area contributed by atoms with Gasteiger partial charge in [-0.25, -0.2) is 0 Å². The number of amides is 1. The zero-order valence-electron chi connectivity index (χ0n) is 17.7. The number of ether oxygens (including phenoxy) is 1. The van der Waals surface area contributed by atoms with Gasteiger partial charge in [0.05, 0.1) is 36.6 Å². The number of aliphatic imine (C=N–C) groups is 1. The molecule has 0 bridgehead atoms. The first-order valence-electron chi connectivity index (χ1n) is 10.4. The van der Waals surface area contributed by atoms with Crippen LogP contribution in [-0.4, -0.2) is 66.2 Å². The van der Waals surface area contributed by atoms with Gasteiger partial charge in [0.25, 0.3) is 11.7 Å². The number of hydrogen-bond acceptors (Lipinski definition) is 6. The van der Waals surface area contributed by atoms with Gasteiger partial charge >= 0.3 is 0 Å². The number of nitrogens with zero attached hydrogens (tertiary/aromatic N) is 3. The van der Waals surface area contributed by atoms with E-state index in [1.54, 1.807) is 17.0 Å². The molecule has 0 radical (unpaired) electrons. The number of benzene rings is 2. The second kappa shape index (κ2) is 9.44. The third-order valence-corrected chi connectivity index (χ3v) is 5.98. The van der Waals surface area contributed by atoms with E-state index in [-0.39, 0.29) is 11.3 Å². The average molecular weight is 454 g/mol. The highest BCUT2D eigenvalue weighted by atomic mass is 35.5. The van der Waals surface area contributed by atoms with Gasteiger partial charge in [-0.3, -0.25) is 14.6 Å². The topological polar surface area (TPSA) is 82.4 Å². The lowest BCUT2D eigenvalue weighted by atomic mass is 9.95. The lowest BCUT2D eigenvalue weighted by Gasteiger charge is -2.26. The van der Waals surface area contributed by atoms with Crippen LogP contribution in [0.15, 0.2) is 59.1 Å². The minimum absolute atomic E-state index is 0.0603. The molecule has 7 nitrogen and oxygen atoms in total. The van der Waals surface area contributed by atoms with Gasteiger partial charge in [-0.2, -0.15) is 0 Å². The number of carbonyl (C=O) groups is 2. The molecule has 2 aliphatic rings. The van der Waals surface area contributed by atoms with Crippen molar-refractivity contribution in [3.05, 3.63) is 70.3 Å². The Labute approximate surface area is 191 Å². The van der Waals surface area contributed by atoms with Crippen molar-refractivity contribution in [2.24, 2.45) is 4.99 Å². The number of ketones is 1. The monoisotopic (exact) mass is 453 g/mol. The standard InChI is InChI=1S/C24H24ClN3O4/c1-32-19-9-8-17(14-18(19)25)22(29)20-21(16-6-3-2-4-7-16)28(24(31)23(20)30)12-5-11-27-13-10-26-15-27/h2-4,6-9,14-15,21,29H,5,10-13H2,1H3. The number of aliphatic hydroxyl groups is 1. The maximum atomic E-state index is 13.0. The van der Waals surface area contributed by atoms with Crippen LogP contribution in [0.5, 0.6) is 5.75 Å². The molecule has 1 unspecified atom stereocenters. The van der Waals surface area contributed by atoms with Crippen molar-refractivity contribution in [2.45, 2.75) is 12.5 Å². The fourth-order valence-corrected chi connectivity index (χ4v) is 4.35. The zero-order valence-corrected chi connectivity index (χ0v) is 18.5. The fraction of sp³-hybridized carbons (Fsp3) is 0.292. The van der Waals surface area contributed by atoms with Crippen LogP contribution < -0.4 is 4.74 Å². The van der Waals surface area contributed by atoms with Crippen LogP contribution in [0.2, 0.25) is 5.02 Å². The molecule has 1 fully saturated rings. The van der Waals surface area contributed by atoms with E-state index in [0.717, 1.165) is 25.2 Å². The Morgan fingerprint density at radius 2 is 1.97 bits per heavy atom. The van der Waals surface area contributed by atoms with Gasteiger partial charge in [0.15, 0.2) is 0 Å². The minimum atomic E-state index is -0.703. The molecule has 0 aromatic heterocycles. The van der Waals surface area contributed by atoms with Crippen LogP contribution in [0.3, 0.4) is 0 Å². The molecule has 2 heterocycles. The van der Waals surface area contributed by atoms with Crippen molar-refractivity contribution in [1.29, 1.82) is 0 Å². The Kier molecular flexibility index (Phi) is 6.46. The number of likely N-dealkylation sites (tertiary alicyclic amines) is 1. The highest BCUT2D eigenvalue weighted by molar-refractivity contribution is 6.46. The molecule has 2 aliphatic heterocycles. The summed E-state index contributed by atoms with van der Waals surface area (Å²) in [5.74, 6) is -1.12. The van der Waals surface area contributed by atoms with E-state index in [9.17, 15) is 14.7 Å². The highest BCUT2D eigenvalue weighted by Gasteiger charge is 2.45. The molecule has 8 heteroatoms. The van der Waals surface area contributed by atoms with Gasteiger partial charge in [-0.1, -0.05) is 41.9 Å². The molecule has 0 saturated carbocycles. The predicted octanol–water partition coefficient (Wildman–Crippen LogP) is 3.50. The first-order valence-corrected chi connectivity index (χ1v) is 10.8. The fourth-order valence-electron chi connectivity index (χ4n) is 4.09. The summed E-state index contributed by atoms with van der Waals surface area (Å²) in [7, 11) is 1.50. The van der Waals surface area contributed by atoms with Crippen LogP contribution in [0.25, 0.3) is 5.76 Å². The normalized spacial score (nSPS) is 19.8. The quantitative estimate of drug-likeness (QED) is 0.394. The van der Waals surface area contributed by atoms with E-state index in [2.05, 4.69) is 9.89 Å². The van der Waals surface area contributed by atoms with E-state index in [0.29, 0.717) is 29.3 Å². The maximum Gasteiger partial charge on any atom is 0.295 e. The van der Waals surface area contributed by atoms with Crippen LogP contribution in [-0.2, 0) is 9.59 Å². The Balaban J connectivity index is 1.70. The number of carbonyl (C=O) groups excluding carboxylic acids is 2. The third-order valence-electron chi connectivity index (χ3n) is 5.69. The Hall–Kier alpha value is -3.32. The summed E-state index contributed by atoms with van der Waals surface area (Å²) in [6.45, 7) is 2.76. The smallest absolute Gasteiger partial charge is 0.295 e. The third kappa shape index (κ3) is 4.21. The molecule has 0 aliphatic carbocycles.